The lowest BCUT2D eigenvalue weighted by atomic mass is 10.1. The highest BCUT2D eigenvalue weighted by molar-refractivity contribution is 5.63. The lowest BCUT2D eigenvalue weighted by Crippen LogP contribution is -2.20. The normalized spacial score (nSPS) is 10.5. The van der Waals surface area contributed by atoms with Crippen molar-refractivity contribution < 1.29 is 0 Å². The number of aryl methyl sites for hydroxylation is 2. The number of nitrogens with one attached hydrogen (secondary N) is 1. The van der Waals surface area contributed by atoms with E-state index < -0.39 is 0 Å². The van der Waals surface area contributed by atoms with Gasteiger partial charge in [-0.25, -0.2) is 0 Å². The second-order valence-electron chi connectivity index (χ2n) is 5.31. The van der Waals surface area contributed by atoms with E-state index >= 15 is 0 Å². The van der Waals surface area contributed by atoms with E-state index in [1.807, 2.05) is 13.1 Å². The van der Waals surface area contributed by atoms with E-state index in [1.54, 1.807) is 6.20 Å². The van der Waals surface area contributed by atoms with Crippen LogP contribution in [-0.2, 0) is 0 Å². The Labute approximate surface area is 126 Å². The molecule has 1 aromatic carbocycles. The van der Waals surface area contributed by atoms with Crippen molar-refractivity contribution in [2.45, 2.75) is 33.6 Å². The first-order valence-electron chi connectivity index (χ1n) is 7.36. The first kappa shape index (κ1) is 15.2. The smallest absolute Gasteiger partial charge is 0.249 e. The number of benzene rings is 1. The molecule has 5 nitrogen and oxygen atoms in total. The van der Waals surface area contributed by atoms with E-state index in [0.717, 1.165) is 30.9 Å². The molecule has 1 N–H and O–H groups in total. The third-order valence-electron chi connectivity index (χ3n) is 3.50. The van der Waals surface area contributed by atoms with Crippen molar-refractivity contribution in [3.05, 3.63) is 35.5 Å². The van der Waals surface area contributed by atoms with Crippen LogP contribution < -0.4 is 10.2 Å². The zero-order valence-corrected chi connectivity index (χ0v) is 13.2. The number of aromatic nitrogens is 3. The van der Waals surface area contributed by atoms with E-state index in [9.17, 15) is 0 Å². The van der Waals surface area contributed by atoms with Gasteiger partial charge in [0.25, 0.3) is 0 Å². The summed E-state index contributed by atoms with van der Waals surface area (Å²) in [5.74, 6) is 1.38. The maximum Gasteiger partial charge on any atom is 0.249 e. The fourth-order valence-corrected chi connectivity index (χ4v) is 2.17. The van der Waals surface area contributed by atoms with Crippen molar-refractivity contribution in [1.29, 1.82) is 0 Å². The molecule has 112 valence electrons. The highest BCUT2D eigenvalue weighted by atomic mass is 15.3. The van der Waals surface area contributed by atoms with Gasteiger partial charge in [0, 0.05) is 19.3 Å². The van der Waals surface area contributed by atoms with Crippen LogP contribution in [0.15, 0.2) is 24.4 Å². The Morgan fingerprint density at radius 1 is 1.19 bits per heavy atom. The Bertz CT molecular complexity index is 577. The van der Waals surface area contributed by atoms with Crippen molar-refractivity contribution in [3.63, 3.8) is 0 Å². The van der Waals surface area contributed by atoms with Gasteiger partial charge < -0.3 is 10.2 Å². The maximum absolute atomic E-state index is 4.54. The summed E-state index contributed by atoms with van der Waals surface area (Å²) < 4.78 is 0. The van der Waals surface area contributed by atoms with Crippen LogP contribution in [0.25, 0.3) is 0 Å². The number of nitrogens with zero attached hydrogens (tertiary/aromatic N) is 4. The maximum atomic E-state index is 4.54. The minimum Gasteiger partial charge on any atom is -0.358 e. The van der Waals surface area contributed by atoms with Crippen LogP contribution in [0.3, 0.4) is 0 Å². The van der Waals surface area contributed by atoms with E-state index in [-0.39, 0.29) is 0 Å². The molecule has 1 aromatic heterocycles. The molecule has 0 fully saturated rings. The third-order valence-corrected chi connectivity index (χ3v) is 3.50. The fraction of sp³-hybridized carbons (Fsp3) is 0.438. The lowest BCUT2D eigenvalue weighted by Gasteiger charge is -2.18. The van der Waals surface area contributed by atoms with Crippen LogP contribution >= 0.6 is 0 Å². The summed E-state index contributed by atoms with van der Waals surface area (Å²) in [4.78, 5) is 6.65. The molecule has 0 saturated carbocycles. The van der Waals surface area contributed by atoms with Gasteiger partial charge in [-0.05, 0) is 31.4 Å². The lowest BCUT2D eigenvalue weighted by molar-refractivity contribution is 0.754. The molecule has 0 aliphatic heterocycles. The van der Waals surface area contributed by atoms with Crippen LogP contribution in [0.1, 0.15) is 30.9 Å². The number of rotatable bonds is 6. The molecule has 0 aliphatic carbocycles. The number of para-hydroxylation sites is 1. The number of hydrogen-bond donors (Lipinski definition) is 1. The molecule has 0 atom stereocenters. The molecule has 0 saturated heterocycles. The van der Waals surface area contributed by atoms with Crippen LogP contribution in [0, 0.1) is 13.8 Å². The molecule has 21 heavy (non-hydrogen) atoms. The van der Waals surface area contributed by atoms with Gasteiger partial charge in [0.1, 0.15) is 0 Å². The molecule has 0 radical (unpaired) electrons. The summed E-state index contributed by atoms with van der Waals surface area (Å²) in [6.07, 6.45) is 4.00. The zero-order chi connectivity index (χ0) is 15.2. The zero-order valence-electron chi connectivity index (χ0n) is 13.2. The second kappa shape index (κ2) is 7.02. The van der Waals surface area contributed by atoms with Crippen molar-refractivity contribution in [1.82, 2.24) is 15.2 Å². The molecule has 0 unspecified atom stereocenters. The Morgan fingerprint density at radius 3 is 2.57 bits per heavy atom. The van der Waals surface area contributed by atoms with Crippen LogP contribution in [0.2, 0.25) is 0 Å². The van der Waals surface area contributed by atoms with Gasteiger partial charge in [0.15, 0.2) is 5.82 Å². The van der Waals surface area contributed by atoms with Gasteiger partial charge in [-0.15, -0.1) is 5.10 Å². The summed E-state index contributed by atoms with van der Waals surface area (Å²) in [5.41, 5.74) is 3.39. The second-order valence-corrected chi connectivity index (χ2v) is 5.31. The summed E-state index contributed by atoms with van der Waals surface area (Å²) in [6.45, 7) is 7.29. The van der Waals surface area contributed by atoms with Crippen LogP contribution in [0.4, 0.5) is 17.5 Å². The molecule has 0 amide bonds. The van der Waals surface area contributed by atoms with Crippen LogP contribution in [-0.4, -0.2) is 28.8 Å². The Morgan fingerprint density at radius 2 is 1.90 bits per heavy atom. The van der Waals surface area contributed by atoms with Gasteiger partial charge in [-0.3, -0.25) is 0 Å². The minimum absolute atomic E-state index is 0.535. The van der Waals surface area contributed by atoms with Gasteiger partial charge in [-0.1, -0.05) is 31.5 Å². The number of anilines is 3. The van der Waals surface area contributed by atoms with Gasteiger partial charge in [0.2, 0.25) is 5.95 Å². The van der Waals surface area contributed by atoms with Gasteiger partial charge in [0.05, 0.1) is 6.20 Å². The summed E-state index contributed by atoms with van der Waals surface area (Å²) in [7, 11) is 2.03. The third kappa shape index (κ3) is 3.90. The number of unbranched alkanes of at least 4 members (excludes halogenated alkanes) is 1. The average molecular weight is 285 g/mol. The molecule has 5 heteroatoms. The highest BCUT2D eigenvalue weighted by Crippen LogP contribution is 2.22. The van der Waals surface area contributed by atoms with E-state index in [0.29, 0.717) is 5.95 Å². The molecule has 0 spiro atoms. The largest absolute Gasteiger partial charge is 0.358 e. The topological polar surface area (TPSA) is 53.9 Å². The highest BCUT2D eigenvalue weighted by Gasteiger charge is 2.08. The summed E-state index contributed by atoms with van der Waals surface area (Å²) in [5, 5.41) is 11.4. The van der Waals surface area contributed by atoms with Gasteiger partial charge in [-0.2, -0.15) is 10.1 Å². The summed E-state index contributed by atoms with van der Waals surface area (Å²) in [6, 6.07) is 6.18. The van der Waals surface area contributed by atoms with E-state index in [2.05, 4.69) is 58.3 Å². The Kier molecular flexibility index (Phi) is 5.09. The predicted octanol–water partition coefficient (Wildman–Crippen LogP) is 3.47. The molecule has 2 aromatic rings. The van der Waals surface area contributed by atoms with Crippen molar-refractivity contribution in [2.24, 2.45) is 0 Å². The predicted molar refractivity (Wildman–Crippen MR) is 87.2 cm³/mol. The van der Waals surface area contributed by atoms with E-state index in [4.69, 9.17) is 0 Å². The molecule has 0 aliphatic rings. The first-order valence-corrected chi connectivity index (χ1v) is 7.36. The molecule has 2 rings (SSSR count). The molecule has 0 bridgehead atoms. The average Bonchev–Trinajstić information content (AvgIpc) is 2.49. The number of hydrogen-bond acceptors (Lipinski definition) is 5. The minimum atomic E-state index is 0.535. The molecular weight excluding hydrogens is 262 g/mol. The Hall–Kier alpha value is -2.17. The van der Waals surface area contributed by atoms with Gasteiger partial charge >= 0.3 is 0 Å². The van der Waals surface area contributed by atoms with Crippen molar-refractivity contribution in [3.8, 4) is 0 Å². The van der Waals surface area contributed by atoms with E-state index in [1.165, 1.54) is 11.1 Å². The van der Waals surface area contributed by atoms with Crippen molar-refractivity contribution in [2.75, 3.05) is 23.8 Å². The van der Waals surface area contributed by atoms with Crippen molar-refractivity contribution >= 4 is 17.5 Å². The molecular formula is C16H23N5. The monoisotopic (exact) mass is 285 g/mol. The fourth-order valence-electron chi connectivity index (χ4n) is 2.17. The molecule has 1 heterocycles. The summed E-state index contributed by atoms with van der Waals surface area (Å²) >= 11 is 0. The standard InChI is InChI=1S/C16H23N5/c1-5-6-10-21(4)14-11-17-20-16(18-14)19-15-12(2)8-7-9-13(15)3/h7-9,11H,5-6,10H2,1-4H3,(H,18,19,20). The SMILES string of the molecule is CCCCN(C)c1cnnc(Nc2c(C)cccc2C)n1. The first-order chi connectivity index (χ1) is 10.1. The Balaban J connectivity index is 2.18. The van der Waals surface area contributed by atoms with Crippen LogP contribution in [0.5, 0.6) is 0 Å². The quantitative estimate of drug-likeness (QED) is 0.880.